The van der Waals surface area contributed by atoms with Crippen LogP contribution in [0.3, 0.4) is 0 Å². The maximum atomic E-state index is 14.1. The maximum Gasteiger partial charge on any atom is 0.175 e. The number of hydrogen-bond donors (Lipinski definition) is 0. The Morgan fingerprint density at radius 3 is 2.68 bits per heavy atom. The van der Waals surface area contributed by atoms with Crippen LogP contribution < -0.4 is 0 Å². The van der Waals surface area contributed by atoms with Gasteiger partial charge in [0.1, 0.15) is 11.6 Å². The molecular weight excluding hydrogens is 446 g/mol. The number of Topliss-reactive ketones (excluding diaryl/α,β-unsaturated/α-hetero) is 1. The van der Waals surface area contributed by atoms with E-state index in [4.69, 9.17) is 0 Å². The van der Waals surface area contributed by atoms with Crippen molar-refractivity contribution in [1.82, 2.24) is 0 Å². The third kappa shape index (κ3) is 5.00. The van der Waals surface area contributed by atoms with Crippen LogP contribution >= 0.6 is 11.8 Å². The molecule has 4 rings (SSSR count). The van der Waals surface area contributed by atoms with Crippen LogP contribution in [0.25, 0.3) is 0 Å². The van der Waals surface area contributed by atoms with Gasteiger partial charge in [-0.3, -0.25) is 4.79 Å². The molecule has 3 atom stereocenters. The standard InChI is InChI=1S/C30H26F2OS/c1-18-11-14-25(19(2)15-18)28-17-24(16-20(3)34-28)23-8-5-7-22(12-13-23)21(4)30(33)29-26(31)9-6-10-27(29)32/h6-7,9-10,12-17,20-21,23H,2,11H2,1,3-4H3. The molecule has 0 amide bonds. The van der Waals surface area contributed by atoms with Gasteiger partial charge in [-0.1, -0.05) is 67.4 Å². The fourth-order valence-electron chi connectivity index (χ4n) is 4.24. The van der Waals surface area contributed by atoms with Gasteiger partial charge in [0, 0.05) is 16.1 Å². The summed E-state index contributed by atoms with van der Waals surface area (Å²) in [5.74, 6) is 3.15. The number of carbonyl (C=O) groups is 1. The van der Waals surface area contributed by atoms with Crippen LogP contribution in [0.4, 0.5) is 8.78 Å². The molecule has 0 saturated carbocycles. The summed E-state index contributed by atoms with van der Waals surface area (Å²) in [5, 5.41) is 0.283. The Labute approximate surface area is 204 Å². The molecule has 1 aliphatic heterocycles. The van der Waals surface area contributed by atoms with E-state index < -0.39 is 28.9 Å². The van der Waals surface area contributed by atoms with Crippen molar-refractivity contribution in [3.63, 3.8) is 0 Å². The van der Waals surface area contributed by atoms with E-state index in [1.165, 1.54) is 22.1 Å². The lowest BCUT2D eigenvalue weighted by atomic mass is 9.90. The lowest BCUT2D eigenvalue weighted by Crippen LogP contribution is -2.16. The highest BCUT2D eigenvalue weighted by molar-refractivity contribution is 8.04. The normalized spacial score (nSPS) is 22.9. The van der Waals surface area contributed by atoms with Gasteiger partial charge in [-0.2, -0.15) is 0 Å². The second-order valence-electron chi connectivity index (χ2n) is 8.79. The first kappa shape index (κ1) is 24.0. The second-order valence-corrected chi connectivity index (χ2v) is 10.2. The Hall–Kier alpha value is -3.16. The van der Waals surface area contributed by atoms with Crippen molar-refractivity contribution in [3.05, 3.63) is 117 Å². The number of thioether (sulfide) groups is 1. The molecule has 1 aromatic carbocycles. The van der Waals surface area contributed by atoms with Gasteiger partial charge >= 0.3 is 0 Å². The molecule has 1 heterocycles. The van der Waals surface area contributed by atoms with E-state index in [2.05, 4.69) is 56.6 Å². The van der Waals surface area contributed by atoms with E-state index in [1.54, 1.807) is 24.8 Å². The van der Waals surface area contributed by atoms with E-state index in [0.717, 1.165) is 29.7 Å². The van der Waals surface area contributed by atoms with Crippen molar-refractivity contribution >= 4 is 17.5 Å². The molecule has 0 bridgehead atoms. The minimum atomic E-state index is -0.848. The van der Waals surface area contributed by atoms with E-state index >= 15 is 0 Å². The van der Waals surface area contributed by atoms with Crippen molar-refractivity contribution in [3.8, 4) is 11.8 Å². The molecular formula is C30H26F2OS. The van der Waals surface area contributed by atoms with E-state index in [-0.39, 0.29) is 11.2 Å². The zero-order chi connectivity index (χ0) is 24.4. The smallest absolute Gasteiger partial charge is 0.175 e. The van der Waals surface area contributed by atoms with Crippen LogP contribution in [-0.2, 0) is 0 Å². The Kier molecular flexibility index (Phi) is 7.05. The van der Waals surface area contributed by atoms with Crippen molar-refractivity contribution in [1.29, 1.82) is 0 Å². The molecule has 0 fully saturated rings. The molecule has 2 aliphatic carbocycles. The summed E-state index contributed by atoms with van der Waals surface area (Å²) in [4.78, 5) is 14.0. The Morgan fingerprint density at radius 1 is 1.24 bits per heavy atom. The summed E-state index contributed by atoms with van der Waals surface area (Å²) >= 11 is 1.81. The molecule has 0 saturated heterocycles. The number of rotatable bonds is 5. The summed E-state index contributed by atoms with van der Waals surface area (Å²) in [5.41, 5.74) is 4.72. The minimum absolute atomic E-state index is 0.144. The molecule has 3 unspecified atom stereocenters. The van der Waals surface area contributed by atoms with E-state index in [9.17, 15) is 13.6 Å². The average molecular weight is 473 g/mol. The summed E-state index contributed by atoms with van der Waals surface area (Å²) < 4.78 is 28.3. The summed E-state index contributed by atoms with van der Waals surface area (Å²) in [6, 6.07) is 3.45. The van der Waals surface area contributed by atoms with Gasteiger partial charge in [0.25, 0.3) is 0 Å². The van der Waals surface area contributed by atoms with Gasteiger partial charge in [-0.05, 0) is 66.8 Å². The Morgan fingerprint density at radius 2 is 1.97 bits per heavy atom. The highest BCUT2D eigenvalue weighted by Crippen LogP contribution is 2.41. The van der Waals surface area contributed by atoms with Gasteiger partial charge in [0.2, 0.25) is 0 Å². The predicted octanol–water partition coefficient (Wildman–Crippen LogP) is 7.68. The highest BCUT2D eigenvalue weighted by Gasteiger charge is 2.26. The third-order valence-corrected chi connectivity index (χ3v) is 7.22. The largest absolute Gasteiger partial charge is 0.293 e. The zero-order valence-electron chi connectivity index (χ0n) is 19.5. The number of carbonyl (C=O) groups excluding carboxylic acids is 1. The molecule has 3 aliphatic rings. The van der Waals surface area contributed by atoms with Crippen LogP contribution in [-0.4, -0.2) is 11.0 Å². The molecule has 172 valence electrons. The first-order valence-electron chi connectivity index (χ1n) is 11.3. The SMILES string of the molecule is C=C1C=C(C)CC=C1C1=CC(C2C#CC=C(C(C)C(=O)c3c(F)cccc3F)C=C2)=CC(C)S1. The molecule has 1 nitrogen and oxygen atoms in total. The van der Waals surface area contributed by atoms with Crippen LogP contribution in [0.5, 0.6) is 0 Å². The highest BCUT2D eigenvalue weighted by atomic mass is 32.2. The van der Waals surface area contributed by atoms with Crippen LogP contribution in [0, 0.1) is 35.3 Å². The van der Waals surface area contributed by atoms with Gasteiger partial charge in [-0.15, -0.1) is 11.8 Å². The van der Waals surface area contributed by atoms with E-state index in [0.29, 0.717) is 5.57 Å². The molecule has 0 N–H and O–H groups in total. The number of allylic oxidation sites excluding steroid dienone is 11. The molecule has 0 aromatic heterocycles. The first-order chi connectivity index (χ1) is 16.2. The monoisotopic (exact) mass is 472 g/mol. The van der Waals surface area contributed by atoms with Gasteiger partial charge in [0.05, 0.1) is 11.5 Å². The number of hydrogen-bond acceptors (Lipinski definition) is 2. The van der Waals surface area contributed by atoms with E-state index in [1.807, 2.05) is 12.2 Å². The number of ketones is 1. The fraction of sp³-hybridized carbons (Fsp3) is 0.233. The average Bonchev–Trinajstić information content (AvgIpc) is 3.04. The lowest BCUT2D eigenvalue weighted by molar-refractivity contribution is 0.0941. The third-order valence-electron chi connectivity index (χ3n) is 6.12. The number of benzene rings is 1. The molecule has 0 radical (unpaired) electrons. The maximum absolute atomic E-state index is 14.1. The molecule has 4 heteroatoms. The molecule has 34 heavy (non-hydrogen) atoms. The number of halogens is 2. The molecule has 0 spiro atoms. The first-order valence-corrected chi connectivity index (χ1v) is 12.2. The lowest BCUT2D eigenvalue weighted by Gasteiger charge is -2.24. The summed E-state index contributed by atoms with van der Waals surface area (Å²) in [6.45, 7) is 10.1. The van der Waals surface area contributed by atoms with Crippen molar-refractivity contribution < 1.29 is 13.6 Å². The summed E-state index contributed by atoms with van der Waals surface area (Å²) in [7, 11) is 0. The van der Waals surface area contributed by atoms with Gasteiger partial charge in [0.15, 0.2) is 5.78 Å². The topological polar surface area (TPSA) is 17.1 Å². The van der Waals surface area contributed by atoms with Crippen LogP contribution in [0.15, 0.2) is 100 Å². The van der Waals surface area contributed by atoms with Gasteiger partial charge in [-0.25, -0.2) is 8.78 Å². The Balaban J connectivity index is 1.56. The second kappa shape index (κ2) is 9.99. The van der Waals surface area contributed by atoms with Crippen LogP contribution in [0.1, 0.15) is 37.6 Å². The van der Waals surface area contributed by atoms with Crippen molar-refractivity contribution in [2.45, 2.75) is 32.4 Å². The zero-order valence-corrected chi connectivity index (χ0v) is 20.3. The van der Waals surface area contributed by atoms with Crippen molar-refractivity contribution in [2.24, 2.45) is 11.8 Å². The van der Waals surface area contributed by atoms with Crippen molar-refractivity contribution in [2.75, 3.05) is 0 Å². The predicted molar refractivity (Wildman–Crippen MR) is 137 cm³/mol. The quantitative estimate of drug-likeness (QED) is 0.323. The van der Waals surface area contributed by atoms with Crippen LogP contribution in [0.2, 0.25) is 0 Å². The van der Waals surface area contributed by atoms with Gasteiger partial charge < -0.3 is 0 Å². The minimum Gasteiger partial charge on any atom is -0.293 e. The Bertz CT molecular complexity index is 1290. The summed E-state index contributed by atoms with van der Waals surface area (Å²) in [6.07, 6.45) is 15.1. The molecule has 1 aromatic rings. The fourth-order valence-corrected chi connectivity index (χ4v) is 5.42.